The summed E-state index contributed by atoms with van der Waals surface area (Å²) in [6, 6.07) is 0.401. The molecule has 1 fully saturated rings. The Bertz CT molecular complexity index is 620. The average Bonchev–Trinajstić information content (AvgIpc) is 2.80. The van der Waals surface area contributed by atoms with Gasteiger partial charge in [-0.15, -0.1) is 0 Å². The molecule has 2 heterocycles. The molecule has 1 saturated carbocycles. The van der Waals surface area contributed by atoms with Gasteiger partial charge in [0.15, 0.2) is 0 Å². The summed E-state index contributed by atoms with van der Waals surface area (Å²) in [5.41, 5.74) is 6.27. The SMILES string of the molecule is N[C@@H]1CCC[C@H](n2cc3cnc(C(F)(F)F)nc3c2)C1. The standard InChI is InChI=1S/C13H15F3N4/c14-13(15,16)12-18-5-8-6-20(7-11(8)19-12)10-3-1-2-9(17)4-10/h5-7,9-10H,1-4,17H2/t9-,10+/m1/s1. The Kier molecular flexibility index (Phi) is 3.16. The Morgan fingerprint density at radius 2 is 2.05 bits per heavy atom. The monoisotopic (exact) mass is 284 g/mol. The Hall–Kier alpha value is -1.63. The second-order valence-electron chi connectivity index (χ2n) is 5.32. The predicted octanol–water partition coefficient (Wildman–Crippen LogP) is 2.89. The number of aromatic nitrogens is 3. The van der Waals surface area contributed by atoms with Crippen molar-refractivity contribution in [3.05, 3.63) is 24.4 Å². The van der Waals surface area contributed by atoms with Crippen LogP contribution >= 0.6 is 0 Å². The molecule has 0 radical (unpaired) electrons. The third-order valence-corrected chi connectivity index (χ3v) is 3.77. The maximum atomic E-state index is 12.6. The molecule has 0 bridgehead atoms. The average molecular weight is 284 g/mol. The molecule has 1 aliphatic carbocycles. The topological polar surface area (TPSA) is 56.7 Å². The zero-order valence-corrected chi connectivity index (χ0v) is 10.8. The van der Waals surface area contributed by atoms with Crippen molar-refractivity contribution in [2.24, 2.45) is 5.73 Å². The van der Waals surface area contributed by atoms with Crippen molar-refractivity contribution < 1.29 is 13.2 Å². The molecule has 0 amide bonds. The lowest BCUT2D eigenvalue weighted by molar-refractivity contribution is -0.144. The van der Waals surface area contributed by atoms with Crippen LogP contribution in [0, 0.1) is 0 Å². The fraction of sp³-hybridized carbons (Fsp3) is 0.538. The lowest BCUT2D eigenvalue weighted by Gasteiger charge is -2.27. The zero-order valence-electron chi connectivity index (χ0n) is 10.8. The number of alkyl halides is 3. The van der Waals surface area contributed by atoms with E-state index in [4.69, 9.17) is 5.73 Å². The summed E-state index contributed by atoms with van der Waals surface area (Å²) in [5, 5.41) is 0.622. The van der Waals surface area contributed by atoms with Crippen LogP contribution < -0.4 is 5.73 Å². The highest BCUT2D eigenvalue weighted by Gasteiger charge is 2.34. The highest BCUT2D eigenvalue weighted by Crippen LogP contribution is 2.31. The van der Waals surface area contributed by atoms with Crippen molar-refractivity contribution in [1.82, 2.24) is 14.5 Å². The van der Waals surface area contributed by atoms with Gasteiger partial charge in [-0.2, -0.15) is 13.2 Å². The van der Waals surface area contributed by atoms with Gasteiger partial charge in [-0.3, -0.25) is 0 Å². The molecule has 0 aromatic carbocycles. The molecule has 108 valence electrons. The van der Waals surface area contributed by atoms with Crippen LogP contribution in [-0.4, -0.2) is 20.6 Å². The Balaban J connectivity index is 1.94. The number of nitrogens with zero attached hydrogens (tertiary/aromatic N) is 3. The highest BCUT2D eigenvalue weighted by molar-refractivity contribution is 5.77. The number of hydrogen-bond acceptors (Lipinski definition) is 3. The van der Waals surface area contributed by atoms with Gasteiger partial charge >= 0.3 is 6.18 Å². The first kappa shape index (κ1) is 13.4. The molecule has 0 unspecified atom stereocenters. The molecule has 4 nitrogen and oxygen atoms in total. The molecule has 2 atom stereocenters. The van der Waals surface area contributed by atoms with Gasteiger partial charge in [0.05, 0.1) is 5.52 Å². The fourth-order valence-electron chi connectivity index (χ4n) is 2.77. The largest absolute Gasteiger partial charge is 0.451 e. The van der Waals surface area contributed by atoms with Crippen LogP contribution in [0.3, 0.4) is 0 Å². The van der Waals surface area contributed by atoms with Crippen LogP contribution in [0.15, 0.2) is 18.6 Å². The van der Waals surface area contributed by atoms with E-state index in [-0.39, 0.29) is 12.1 Å². The maximum Gasteiger partial charge on any atom is 0.451 e. The zero-order chi connectivity index (χ0) is 14.3. The number of fused-ring (bicyclic) bond motifs is 1. The van der Waals surface area contributed by atoms with E-state index >= 15 is 0 Å². The van der Waals surface area contributed by atoms with Gasteiger partial charge in [0.2, 0.25) is 5.82 Å². The van der Waals surface area contributed by atoms with E-state index in [1.54, 1.807) is 12.4 Å². The third-order valence-electron chi connectivity index (χ3n) is 3.77. The summed E-state index contributed by atoms with van der Waals surface area (Å²) in [6.45, 7) is 0. The lowest BCUT2D eigenvalue weighted by atomic mass is 9.91. The summed E-state index contributed by atoms with van der Waals surface area (Å²) < 4.78 is 39.7. The van der Waals surface area contributed by atoms with Gasteiger partial charge in [0, 0.05) is 36.1 Å². The Morgan fingerprint density at radius 3 is 2.75 bits per heavy atom. The number of hydrogen-bond donors (Lipinski definition) is 1. The van der Waals surface area contributed by atoms with Crippen LogP contribution in [-0.2, 0) is 6.18 Å². The van der Waals surface area contributed by atoms with Crippen LogP contribution in [0.4, 0.5) is 13.2 Å². The van der Waals surface area contributed by atoms with Gasteiger partial charge in [-0.05, 0) is 25.7 Å². The van der Waals surface area contributed by atoms with Crippen molar-refractivity contribution in [3.8, 4) is 0 Å². The van der Waals surface area contributed by atoms with Crippen LogP contribution in [0.5, 0.6) is 0 Å². The molecule has 1 aliphatic rings. The van der Waals surface area contributed by atoms with Gasteiger partial charge in [-0.25, -0.2) is 9.97 Å². The molecule has 0 saturated heterocycles. The molecular formula is C13H15F3N4. The smallest absolute Gasteiger partial charge is 0.348 e. The third kappa shape index (κ3) is 2.49. The summed E-state index contributed by atoms with van der Waals surface area (Å²) in [4.78, 5) is 6.97. The summed E-state index contributed by atoms with van der Waals surface area (Å²) in [7, 11) is 0. The van der Waals surface area contributed by atoms with Crippen LogP contribution in [0.2, 0.25) is 0 Å². The van der Waals surface area contributed by atoms with Crippen molar-refractivity contribution in [2.75, 3.05) is 0 Å². The number of halogens is 3. The van der Waals surface area contributed by atoms with Gasteiger partial charge in [0.25, 0.3) is 0 Å². The van der Waals surface area contributed by atoms with Crippen LogP contribution in [0.1, 0.15) is 37.5 Å². The van der Waals surface area contributed by atoms with Crippen molar-refractivity contribution in [3.63, 3.8) is 0 Å². The minimum Gasteiger partial charge on any atom is -0.348 e. The van der Waals surface area contributed by atoms with Gasteiger partial charge in [0.1, 0.15) is 0 Å². The van der Waals surface area contributed by atoms with E-state index in [2.05, 4.69) is 9.97 Å². The molecule has 2 N–H and O–H groups in total. The molecular weight excluding hydrogens is 269 g/mol. The van der Waals surface area contributed by atoms with E-state index in [1.807, 2.05) is 4.57 Å². The minimum absolute atomic E-state index is 0.163. The number of nitrogens with two attached hydrogens (primary N) is 1. The minimum atomic E-state index is -4.51. The summed E-state index contributed by atoms with van der Waals surface area (Å²) >= 11 is 0. The second kappa shape index (κ2) is 4.73. The van der Waals surface area contributed by atoms with E-state index in [0.29, 0.717) is 10.9 Å². The fourth-order valence-corrected chi connectivity index (χ4v) is 2.77. The van der Waals surface area contributed by atoms with E-state index in [9.17, 15) is 13.2 Å². The lowest BCUT2D eigenvalue weighted by Crippen LogP contribution is -2.28. The molecule has 3 rings (SSSR count). The highest BCUT2D eigenvalue weighted by atomic mass is 19.4. The van der Waals surface area contributed by atoms with Crippen LogP contribution in [0.25, 0.3) is 10.9 Å². The Labute approximate surface area is 113 Å². The molecule has 2 aromatic heterocycles. The van der Waals surface area contributed by atoms with Gasteiger partial charge < -0.3 is 10.3 Å². The molecule has 0 aliphatic heterocycles. The quantitative estimate of drug-likeness (QED) is 0.876. The van der Waals surface area contributed by atoms with E-state index in [1.165, 1.54) is 6.20 Å². The van der Waals surface area contributed by atoms with Crippen molar-refractivity contribution >= 4 is 10.9 Å². The predicted molar refractivity (Wildman–Crippen MR) is 68.0 cm³/mol. The first-order chi connectivity index (χ1) is 9.43. The maximum absolute atomic E-state index is 12.6. The van der Waals surface area contributed by atoms with Crippen molar-refractivity contribution in [1.29, 1.82) is 0 Å². The Morgan fingerprint density at radius 1 is 1.25 bits per heavy atom. The molecule has 0 spiro atoms. The number of rotatable bonds is 1. The molecule has 2 aromatic rings. The second-order valence-corrected chi connectivity index (χ2v) is 5.32. The van der Waals surface area contributed by atoms with E-state index < -0.39 is 12.0 Å². The van der Waals surface area contributed by atoms with Crippen molar-refractivity contribution in [2.45, 2.75) is 43.9 Å². The summed E-state index contributed by atoms with van der Waals surface area (Å²) in [5.74, 6) is -1.09. The first-order valence-corrected chi connectivity index (χ1v) is 6.60. The summed E-state index contributed by atoms with van der Waals surface area (Å²) in [6.07, 6.45) is 4.07. The molecule has 20 heavy (non-hydrogen) atoms. The molecule has 7 heteroatoms. The van der Waals surface area contributed by atoms with Gasteiger partial charge in [-0.1, -0.05) is 0 Å². The normalized spacial score (nSPS) is 24.2. The first-order valence-electron chi connectivity index (χ1n) is 6.60. The van der Waals surface area contributed by atoms with E-state index in [0.717, 1.165) is 25.7 Å².